The highest BCUT2D eigenvalue weighted by Crippen LogP contribution is 2.36. The number of benzene rings is 1. The van der Waals surface area contributed by atoms with Gasteiger partial charge in [0.2, 0.25) is 0 Å². The van der Waals surface area contributed by atoms with E-state index in [1.165, 1.54) is 0 Å². The molecule has 102 valence electrons. The van der Waals surface area contributed by atoms with Crippen molar-refractivity contribution in [2.24, 2.45) is 5.41 Å². The summed E-state index contributed by atoms with van der Waals surface area (Å²) < 4.78 is 11.2. The number of carbonyl (C=O) groups is 1. The fraction of sp³-hybridized carbons (Fsp3) is 0.562. The second kappa shape index (κ2) is 4.64. The third-order valence-electron chi connectivity index (χ3n) is 3.88. The van der Waals surface area contributed by atoms with Crippen LogP contribution < -0.4 is 4.74 Å². The number of rotatable bonds is 2. The fourth-order valence-electron chi connectivity index (χ4n) is 2.95. The fourth-order valence-corrected chi connectivity index (χ4v) is 2.95. The van der Waals surface area contributed by atoms with E-state index < -0.39 is 0 Å². The minimum Gasteiger partial charge on any atom is -0.488 e. The average molecular weight is 260 g/mol. The summed E-state index contributed by atoms with van der Waals surface area (Å²) in [7, 11) is 0. The summed E-state index contributed by atoms with van der Waals surface area (Å²) in [4.78, 5) is 12.2. The molecular formula is C16H20O3. The van der Waals surface area contributed by atoms with Gasteiger partial charge in [0.1, 0.15) is 11.9 Å². The summed E-state index contributed by atoms with van der Waals surface area (Å²) in [5.41, 5.74) is 2.07. The van der Waals surface area contributed by atoms with Gasteiger partial charge in [0.25, 0.3) is 0 Å². The number of hydrogen-bond donors (Lipinski definition) is 0. The van der Waals surface area contributed by atoms with Crippen molar-refractivity contribution in [3.05, 3.63) is 29.3 Å². The van der Waals surface area contributed by atoms with Crippen molar-refractivity contribution in [3.63, 3.8) is 0 Å². The molecule has 0 aromatic heterocycles. The zero-order chi connectivity index (χ0) is 13.5. The lowest BCUT2D eigenvalue weighted by molar-refractivity contribution is 0.0911. The molecule has 1 unspecified atom stereocenters. The Morgan fingerprint density at radius 3 is 2.89 bits per heavy atom. The van der Waals surface area contributed by atoms with Crippen molar-refractivity contribution >= 4 is 5.78 Å². The average Bonchev–Trinajstić information content (AvgIpc) is 2.81. The monoisotopic (exact) mass is 260 g/mol. The molecule has 0 N–H and O–H groups in total. The van der Waals surface area contributed by atoms with Gasteiger partial charge in [-0.3, -0.25) is 4.79 Å². The van der Waals surface area contributed by atoms with Gasteiger partial charge >= 0.3 is 0 Å². The van der Waals surface area contributed by atoms with E-state index in [0.29, 0.717) is 13.0 Å². The number of carbonyl (C=O) groups excluding carboxylic acids is 1. The maximum absolute atomic E-state index is 12.2. The maximum atomic E-state index is 12.2. The van der Waals surface area contributed by atoms with E-state index in [1.807, 2.05) is 18.2 Å². The Labute approximate surface area is 113 Å². The van der Waals surface area contributed by atoms with Crippen LogP contribution in [0.15, 0.2) is 18.2 Å². The molecule has 3 nitrogen and oxygen atoms in total. The lowest BCUT2D eigenvalue weighted by Crippen LogP contribution is -2.27. The van der Waals surface area contributed by atoms with Gasteiger partial charge in [0.05, 0.1) is 13.2 Å². The summed E-state index contributed by atoms with van der Waals surface area (Å²) >= 11 is 0. The minimum atomic E-state index is 0.0751. The molecule has 2 aliphatic rings. The van der Waals surface area contributed by atoms with E-state index in [9.17, 15) is 4.79 Å². The van der Waals surface area contributed by atoms with Gasteiger partial charge in [-0.15, -0.1) is 0 Å². The second-order valence-corrected chi connectivity index (χ2v) is 6.36. The Balaban J connectivity index is 1.83. The summed E-state index contributed by atoms with van der Waals surface area (Å²) in [6, 6.07) is 5.93. The Morgan fingerprint density at radius 2 is 2.16 bits per heavy atom. The van der Waals surface area contributed by atoms with E-state index in [-0.39, 0.29) is 17.3 Å². The van der Waals surface area contributed by atoms with Gasteiger partial charge in [-0.2, -0.15) is 0 Å². The molecule has 1 atom stereocenters. The molecule has 3 heteroatoms. The molecule has 3 rings (SSSR count). The van der Waals surface area contributed by atoms with Crippen LogP contribution in [0, 0.1) is 5.41 Å². The highest BCUT2D eigenvalue weighted by atomic mass is 16.5. The van der Waals surface area contributed by atoms with Gasteiger partial charge in [-0.05, 0) is 29.5 Å². The van der Waals surface area contributed by atoms with E-state index in [4.69, 9.17) is 9.47 Å². The van der Waals surface area contributed by atoms with Crippen molar-refractivity contribution in [2.75, 3.05) is 13.2 Å². The number of ether oxygens (including phenoxy) is 2. The first-order chi connectivity index (χ1) is 9.03. The molecule has 1 aromatic rings. The Kier molecular flexibility index (Phi) is 3.09. The molecule has 0 saturated carbocycles. The largest absolute Gasteiger partial charge is 0.488 e. The van der Waals surface area contributed by atoms with Crippen LogP contribution in [0.1, 0.15) is 42.6 Å². The number of Topliss-reactive ketones (excluding diaryl/α,β-unsaturated/α-hetero) is 1. The van der Waals surface area contributed by atoms with Crippen LogP contribution in [0.25, 0.3) is 0 Å². The number of fused-ring (bicyclic) bond motifs is 1. The molecule has 0 bridgehead atoms. The van der Waals surface area contributed by atoms with E-state index in [0.717, 1.165) is 36.3 Å². The Bertz CT molecular complexity index is 499. The molecule has 1 aromatic carbocycles. The SMILES string of the molecule is CC1(C)CC(=O)c2cc(OC3CCOC3)ccc2C1. The van der Waals surface area contributed by atoms with E-state index in [2.05, 4.69) is 13.8 Å². The first-order valence-electron chi connectivity index (χ1n) is 6.94. The van der Waals surface area contributed by atoms with Crippen LogP contribution in [0.2, 0.25) is 0 Å². The van der Waals surface area contributed by atoms with Crippen molar-refractivity contribution in [1.29, 1.82) is 0 Å². The second-order valence-electron chi connectivity index (χ2n) is 6.36. The highest BCUT2D eigenvalue weighted by Gasteiger charge is 2.31. The molecule has 1 heterocycles. The lowest BCUT2D eigenvalue weighted by Gasteiger charge is -2.30. The van der Waals surface area contributed by atoms with Crippen LogP contribution in [0.3, 0.4) is 0 Å². The lowest BCUT2D eigenvalue weighted by atomic mass is 9.74. The summed E-state index contributed by atoms with van der Waals surface area (Å²) in [6.07, 6.45) is 2.64. The van der Waals surface area contributed by atoms with E-state index in [1.54, 1.807) is 0 Å². The number of ketones is 1. The third-order valence-corrected chi connectivity index (χ3v) is 3.88. The molecule has 1 aliphatic carbocycles. The summed E-state index contributed by atoms with van der Waals surface area (Å²) in [6.45, 7) is 5.71. The first kappa shape index (κ1) is 12.7. The minimum absolute atomic E-state index is 0.0751. The smallest absolute Gasteiger partial charge is 0.163 e. The predicted molar refractivity (Wildman–Crippen MR) is 72.7 cm³/mol. The molecule has 0 spiro atoms. The van der Waals surface area contributed by atoms with Crippen molar-refractivity contribution in [2.45, 2.75) is 39.2 Å². The quantitative estimate of drug-likeness (QED) is 0.820. The summed E-state index contributed by atoms with van der Waals surface area (Å²) in [5.74, 6) is 1.03. The molecule has 19 heavy (non-hydrogen) atoms. The Morgan fingerprint density at radius 1 is 1.32 bits per heavy atom. The van der Waals surface area contributed by atoms with Gasteiger partial charge in [-0.25, -0.2) is 0 Å². The topological polar surface area (TPSA) is 35.5 Å². The van der Waals surface area contributed by atoms with Gasteiger partial charge < -0.3 is 9.47 Å². The van der Waals surface area contributed by atoms with E-state index >= 15 is 0 Å². The maximum Gasteiger partial charge on any atom is 0.163 e. The van der Waals surface area contributed by atoms with Crippen LogP contribution >= 0.6 is 0 Å². The standard InChI is InChI=1S/C16H20O3/c1-16(2)8-11-3-4-12(7-14(11)15(17)9-16)19-13-5-6-18-10-13/h3-4,7,13H,5-6,8-10H2,1-2H3. The van der Waals surface area contributed by atoms with Crippen LogP contribution in [-0.4, -0.2) is 25.1 Å². The van der Waals surface area contributed by atoms with Crippen molar-refractivity contribution in [3.8, 4) is 5.75 Å². The zero-order valence-corrected chi connectivity index (χ0v) is 11.6. The molecule has 1 saturated heterocycles. The van der Waals surface area contributed by atoms with Crippen LogP contribution in [0.5, 0.6) is 5.75 Å². The Hall–Kier alpha value is -1.35. The van der Waals surface area contributed by atoms with Gasteiger partial charge in [-0.1, -0.05) is 19.9 Å². The molecule has 1 aliphatic heterocycles. The van der Waals surface area contributed by atoms with Crippen LogP contribution in [-0.2, 0) is 11.2 Å². The molecule has 0 radical (unpaired) electrons. The van der Waals surface area contributed by atoms with Crippen LogP contribution in [0.4, 0.5) is 0 Å². The van der Waals surface area contributed by atoms with Crippen molar-refractivity contribution < 1.29 is 14.3 Å². The first-order valence-corrected chi connectivity index (χ1v) is 6.94. The molecule has 0 amide bonds. The summed E-state index contributed by atoms with van der Waals surface area (Å²) in [5, 5.41) is 0. The zero-order valence-electron chi connectivity index (χ0n) is 11.6. The third kappa shape index (κ3) is 2.66. The number of hydrogen-bond acceptors (Lipinski definition) is 3. The molecular weight excluding hydrogens is 240 g/mol. The molecule has 1 fully saturated rings. The normalized spacial score (nSPS) is 25.2. The highest BCUT2D eigenvalue weighted by molar-refractivity contribution is 5.99. The van der Waals surface area contributed by atoms with Gasteiger partial charge in [0, 0.05) is 18.4 Å². The van der Waals surface area contributed by atoms with Crippen molar-refractivity contribution in [1.82, 2.24) is 0 Å². The predicted octanol–water partition coefficient (Wildman–Crippen LogP) is 3.01. The van der Waals surface area contributed by atoms with Gasteiger partial charge in [0.15, 0.2) is 5.78 Å².